The fourth-order valence-electron chi connectivity index (χ4n) is 3.13. The first-order valence-electron chi connectivity index (χ1n) is 8.03. The normalized spacial score (nSPS) is 17.8. The van der Waals surface area contributed by atoms with Gasteiger partial charge in [0.2, 0.25) is 5.91 Å². The van der Waals surface area contributed by atoms with Crippen LogP contribution in [0.3, 0.4) is 0 Å². The number of amides is 1. The molecule has 1 aromatic rings. The highest BCUT2D eigenvalue weighted by Gasteiger charge is 2.33. The smallest absolute Gasteiger partial charge is 0.222 e. The fraction of sp³-hybridized carbons (Fsp3) is 0.611. The van der Waals surface area contributed by atoms with Crippen molar-refractivity contribution in [1.29, 1.82) is 0 Å². The summed E-state index contributed by atoms with van der Waals surface area (Å²) in [6, 6.07) is 8.36. The molecule has 3 heteroatoms. The molecule has 1 amide bonds. The summed E-state index contributed by atoms with van der Waals surface area (Å²) in [5.41, 5.74) is 2.53. The summed E-state index contributed by atoms with van der Waals surface area (Å²) >= 11 is 0. The predicted molar refractivity (Wildman–Crippen MR) is 85.1 cm³/mol. The molecule has 0 spiro atoms. The Kier molecular flexibility index (Phi) is 5.40. The zero-order chi connectivity index (χ0) is 15.3. The lowest BCUT2D eigenvalue weighted by atomic mass is 9.77. The van der Waals surface area contributed by atoms with Gasteiger partial charge < -0.3 is 10.0 Å². The second-order valence-corrected chi connectivity index (χ2v) is 6.38. The molecule has 1 N–H and O–H groups in total. The van der Waals surface area contributed by atoms with Crippen LogP contribution in [-0.2, 0) is 11.2 Å². The number of carbonyl (C=O) groups is 1. The molecular weight excluding hydrogens is 262 g/mol. The van der Waals surface area contributed by atoms with Gasteiger partial charge in [-0.1, -0.05) is 36.8 Å². The maximum atomic E-state index is 12.3. The third-order valence-corrected chi connectivity index (χ3v) is 4.97. The zero-order valence-corrected chi connectivity index (χ0v) is 13.3. The summed E-state index contributed by atoms with van der Waals surface area (Å²) in [5.74, 6) is 0.249. The molecule has 1 saturated heterocycles. The Morgan fingerprint density at radius 3 is 2.62 bits per heavy atom. The Balaban J connectivity index is 1.82. The summed E-state index contributed by atoms with van der Waals surface area (Å²) in [5, 5.41) is 9.54. The highest BCUT2D eigenvalue weighted by atomic mass is 16.3. The molecule has 1 fully saturated rings. The van der Waals surface area contributed by atoms with Crippen LogP contribution in [0.5, 0.6) is 0 Å². The van der Waals surface area contributed by atoms with E-state index >= 15 is 0 Å². The van der Waals surface area contributed by atoms with E-state index in [-0.39, 0.29) is 17.9 Å². The van der Waals surface area contributed by atoms with Gasteiger partial charge in [-0.2, -0.15) is 0 Å². The molecule has 0 aromatic heterocycles. The van der Waals surface area contributed by atoms with E-state index in [0.717, 1.165) is 38.8 Å². The van der Waals surface area contributed by atoms with Crippen LogP contribution in [0.25, 0.3) is 0 Å². The van der Waals surface area contributed by atoms with Crippen molar-refractivity contribution < 1.29 is 9.90 Å². The fourth-order valence-corrected chi connectivity index (χ4v) is 3.13. The summed E-state index contributed by atoms with van der Waals surface area (Å²) in [6.45, 7) is 6.04. The van der Waals surface area contributed by atoms with E-state index in [2.05, 4.69) is 32.0 Å². The minimum Gasteiger partial charge on any atom is -0.396 e. The van der Waals surface area contributed by atoms with Crippen molar-refractivity contribution in [2.75, 3.05) is 19.7 Å². The van der Waals surface area contributed by atoms with Crippen LogP contribution < -0.4 is 0 Å². The van der Waals surface area contributed by atoms with E-state index in [1.54, 1.807) is 0 Å². The van der Waals surface area contributed by atoms with Gasteiger partial charge in [0.25, 0.3) is 0 Å². The van der Waals surface area contributed by atoms with Gasteiger partial charge in [0.1, 0.15) is 0 Å². The number of aryl methyl sites for hydroxylation is 2. The first kappa shape index (κ1) is 16.0. The summed E-state index contributed by atoms with van der Waals surface area (Å²) in [7, 11) is 0. The molecule has 0 atom stereocenters. The summed E-state index contributed by atoms with van der Waals surface area (Å²) in [4.78, 5) is 14.3. The quantitative estimate of drug-likeness (QED) is 0.905. The van der Waals surface area contributed by atoms with Gasteiger partial charge in [0.15, 0.2) is 0 Å². The molecule has 1 aliphatic rings. The Labute approximate surface area is 128 Å². The highest BCUT2D eigenvalue weighted by molar-refractivity contribution is 5.76. The molecule has 1 aromatic carbocycles. The van der Waals surface area contributed by atoms with E-state index in [1.165, 1.54) is 11.1 Å². The molecule has 2 rings (SSSR count). The van der Waals surface area contributed by atoms with Gasteiger partial charge in [-0.05, 0) is 43.6 Å². The number of aliphatic hydroxyl groups is 1. The second kappa shape index (κ2) is 7.08. The molecule has 0 radical (unpaired) electrons. The van der Waals surface area contributed by atoms with Crippen molar-refractivity contribution in [2.24, 2.45) is 5.41 Å². The Morgan fingerprint density at radius 1 is 1.33 bits per heavy atom. The molecule has 0 saturated carbocycles. The van der Waals surface area contributed by atoms with Crippen LogP contribution in [-0.4, -0.2) is 35.6 Å². The van der Waals surface area contributed by atoms with Gasteiger partial charge in [-0.3, -0.25) is 4.79 Å². The molecule has 116 valence electrons. The van der Waals surface area contributed by atoms with Gasteiger partial charge in [-0.25, -0.2) is 0 Å². The average Bonchev–Trinajstić information content (AvgIpc) is 2.53. The van der Waals surface area contributed by atoms with Crippen molar-refractivity contribution in [2.45, 2.75) is 46.0 Å². The molecule has 21 heavy (non-hydrogen) atoms. The number of hydrogen-bond donors (Lipinski definition) is 1. The Morgan fingerprint density at radius 2 is 2.05 bits per heavy atom. The van der Waals surface area contributed by atoms with Crippen LogP contribution >= 0.6 is 0 Å². The van der Waals surface area contributed by atoms with Gasteiger partial charge in [0, 0.05) is 26.1 Å². The first-order chi connectivity index (χ1) is 10.1. The second-order valence-electron chi connectivity index (χ2n) is 6.38. The number of rotatable bonds is 5. The molecule has 0 bridgehead atoms. The molecular formula is C18H27NO2. The number of nitrogens with zero attached hydrogens (tertiary/aromatic N) is 1. The average molecular weight is 289 g/mol. The minimum absolute atomic E-state index is 0.0489. The van der Waals surface area contributed by atoms with Crippen molar-refractivity contribution >= 4 is 5.91 Å². The lowest BCUT2D eigenvalue weighted by Gasteiger charge is -2.40. The van der Waals surface area contributed by atoms with Gasteiger partial charge in [-0.15, -0.1) is 0 Å². The Bertz CT molecular complexity index is 470. The van der Waals surface area contributed by atoms with Crippen molar-refractivity contribution in [3.63, 3.8) is 0 Å². The highest BCUT2D eigenvalue weighted by Crippen LogP contribution is 2.34. The lowest BCUT2D eigenvalue weighted by molar-refractivity contribution is -0.134. The predicted octanol–water partition coefficient (Wildman–Crippen LogP) is 2.94. The minimum atomic E-state index is 0.0489. The SMILES string of the molecule is CCC1(CO)CCN(C(=O)CCc2cccc(C)c2)CC1. The number of piperidine rings is 1. The van der Waals surface area contributed by atoms with Crippen LogP contribution in [0.15, 0.2) is 24.3 Å². The monoisotopic (exact) mass is 289 g/mol. The van der Waals surface area contributed by atoms with Crippen molar-refractivity contribution in [3.05, 3.63) is 35.4 Å². The molecule has 0 aliphatic carbocycles. The van der Waals surface area contributed by atoms with Crippen LogP contribution in [0, 0.1) is 12.3 Å². The van der Waals surface area contributed by atoms with Crippen molar-refractivity contribution in [1.82, 2.24) is 4.90 Å². The largest absolute Gasteiger partial charge is 0.396 e. The van der Waals surface area contributed by atoms with Crippen LogP contribution in [0.2, 0.25) is 0 Å². The first-order valence-corrected chi connectivity index (χ1v) is 8.03. The molecule has 1 heterocycles. The number of benzene rings is 1. The van der Waals surface area contributed by atoms with Gasteiger partial charge in [0.05, 0.1) is 0 Å². The lowest BCUT2D eigenvalue weighted by Crippen LogP contribution is -2.44. The van der Waals surface area contributed by atoms with E-state index in [9.17, 15) is 9.90 Å². The van der Waals surface area contributed by atoms with Gasteiger partial charge >= 0.3 is 0 Å². The van der Waals surface area contributed by atoms with E-state index in [4.69, 9.17) is 0 Å². The van der Waals surface area contributed by atoms with E-state index < -0.39 is 0 Å². The number of likely N-dealkylation sites (tertiary alicyclic amines) is 1. The van der Waals surface area contributed by atoms with Crippen molar-refractivity contribution in [3.8, 4) is 0 Å². The maximum Gasteiger partial charge on any atom is 0.222 e. The standard InChI is InChI=1S/C18H27NO2/c1-3-18(14-20)9-11-19(12-10-18)17(21)8-7-16-6-4-5-15(2)13-16/h4-6,13,20H,3,7-12,14H2,1-2H3. The summed E-state index contributed by atoms with van der Waals surface area (Å²) in [6.07, 6.45) is 4.25. The van der Waals surface area contributed by atoms with Crippen LogP contribution in [0.1, 0.15) is 43.7 Å². The molecule has 1 aliphatic heterocycles. The third kappa shape index (κ3) is 4.07. The number of hydrogen-bond acceptors (Lipinski definition) is 2. The van der Waals surface area contributed by atoms with E-state index in [1.807, 2.05) is 11.0 Å². The topological polar surface area (TPSA) is 40.5 Å². The number of carbonyl (C=O) groups excluding carboxylic acids is 1. The number of aliphatic hydroxyl groups excluding tert-OH is 1. The molecule has 3 nitrogen and oxygen atoms in total. The van der Waals surface area contributed by atoms with Crippen LogP contribution in [0.4, 0.5) is 0 Å². The third-order valence-electron chi connectivity index (χ3n) is 4.97. The van der Waals surface area contributed by atoms with E-state index in [0.29, 0.717) is 6.42 Å². The summed E-state index contributed by atoms with van der Waals surface area (Å²) < 4.78 is 0. The zero-order valence-electron chi connectivity index (χ0n) is 13.3. The maximum absolute atomic E-state index is 12.3. The molecule has 0 unspecified atom stereocenters. The Hall–Kier alpha value is -1.35.